The lowest BCUT2D eigenvalue weighted by molar-refractivity contribution is -0.353. The number of esters is 1. The molecule has 0 fully saturated rings. The van der Waals surface area contributed by atoms with Crippen molar-refractivity contribution in [2.75, 3.05) is 13.2 Å². The summed E-state index contributed by atoms with van der Waals surface area (Å²) in [5.74, 6) is -1.74. The molecule has 0 aliphatic carbocycles. The molecule has 0 aliphatic heterocycles. The zero-order valence-corrected chi connectivity index (χ0v) is 17.3. The normalized spacial score (nSPS) is 11.8. The van der Waals surface area contributed by atoms with Gasteiger partial charge in [0.1, 0.15) is 0 Å². The van der Waals surface area contributed by atoms with E-state index in [0.717, 1.165) is 44.3 Å². The highest BCUT2D eigenvalue weighted by Crippen LogP contribution is 2.14. The van der Waals surface area contributed by atoms with Crippen LogP contribution in [0.25, 0.3) is 0 Å². The van der Waals surface area contributed by atoms with E-state index in [4.69, 9.17) is 19.6 Å². The van der Waals surface area contributed by atoms with Crippen LogP contribution in [0.4, 0.5) is 0 Å². The minimum Gasteiger partial charge on any atom is -0.478 e. The van der Waals surface area contributed by atoms with Gasteiger partial charge in [-0.05, 0) is 33.1 Å². The van der Waals surface area contributed by atoms with Crippen molar-refractivity contribution in [3.63, 3.8) is 0 Å². The fraction of sp³-hybridized carbons (Fsp3) is 0.810. The predicted molar refractivity (Wildman–Crippen MR) is 105 cm³/mol. The Balaban J connectivity index is 3.23. The van der Waals surface area contributed by atoms with Gasteiger partial charge in [0.2, 0.25) is 0 Å². The maximum atomic E-state index is 11.1. The molecule has 0 aromatic heterocycles. The molecule has 0 saturated carbocycles. The summed E-state index contributed by atoms with van der Waals surface area (Å²) in [6.07, 6.45) is 14.1. The highest BCUT2D eigenvalue weighted by atomic mass is 17.2. The number of hydrogen-bond donors (Lipinski definition) is 1. The van der Waals surface area contributed by atoms with Gasteiger partial charge < -0.3 is 9.84 Å². The second-order valence-electron chi connectivity index (χ2n) is 7.39. The van der Waals surface area contributed by atoms with Gasteiger partial charge in [0.05, 0.1) is 18.8 Å². The van der Waals surface area contributed by atoms with Gasteiger partial charge in [0.25, 0.3) is 0 Å². The molecule has 0 aliphatic rings. The quantitative estimate of drug-likeness (QED) is 0.114. The number of unbranched alkanes of at least 4 members (excludes halogenated alkanes) is 9. The minimum absolute atomic E-state index is 0.195. The molecular weight excluding hydrogens is 348 g/mol. The first-order valence-electron chi connectivity index (χ1n) is 10.3. The standard InChI is InChI=1S/C21H38O6/c1-4-21(2,3)27-26-18-14-12-10-8-6-5-7-9-11-13-17-25-20(24)16-15-19(22)23/h15-16H,4-14,17-18H2,1-3H3,(H,22,23). The summed E-state index contributed by atoms with van der Waals surface area (Å²) in [5, 5.41) is 8.39. The largest absolute Gasteiger partial charge is 0.478 e. The van der Waals surface area contributed by atoms with E-state index in [-0.39, 0.29) is 5.60 Å². The van der Waals surface area contributed by atoms with Gasteiger partial charge in [0.15, 0.2) is 0 Å². The van der Waals surface area contributed by atoms with Crippen molar-refractivity contribution in [1.29, 1.82) is 0 Å². The molecular formula is C21H38O6. The first kappa shape index (κ1) is 25.6. The van der Waals surface area contributed by atoms with E-state index in [1.165, 1.54) is 38.5 Å². The summed E-state index contributed by atoms with van der Waals surface area (Å²) in [7, 11) is 0. The minimum atomic E-state index is -1.15. The van der Waals surface area contributed by atoms with E-state index in [1.54, 1.807) is 0 Å². The van der Waals surface area contributed by atoms with Gasteiger partial charge in [-0.3, -0.25) is 0 Å². The maximum Gasteiger partial charge on any atom is 0.331 e. The zero-order chi connectivity index (χ0) is 20.4. The smallest absolute Gasteiger partial charge is 0.331 e. The van der Waals surface area contributed by atoms with Crippen molar-refractivity contribution in [2.45, 2.75) is 97.0 Å². The lowest BCUT2D eigenvalue weighted by Crippen LogP contribution is -2.23. The van der Waals surface area contributed by atoms with Crippen molar-refractivity contribution in [2.24, 2.45) is 0 Å². The summed E-state index contributed by atoms with van der Waals surface area (Å²) >= 11 is 0. The molecule has 0 amide bonds. The third kappa shape index (κ3) is 19.2. The van der Waals surface area contributed by atoms with Gasteiger partial charge in [-0.2, -0.15) is 0 Å². The molecule has 0 bridgehead atoms. The second kappa shape index (κ2) is 16.8. The molecule has 158 valence electrons. The molecule has 0 aromatic carbocycles. The second-order valence-corrected chi connectivity index (χ2v) is 7.39. The predicted octanol–water partition coefficient (Wildman–Crippen LogP) is 5.21. The van der Waals surface area contributed by atoms with Gasteiger partial charge in [-0.15, -0.1) is 0 Å². The molecule has 0 heterocycles. The van der Waals surface area contributed by atoms with Crippen LogP contribution in [-0.2, 0) is 24.1 Å². The fourth-order valence-corrected chi connectivity index (χ4v) is 2.30. The molecule has 6 heteroatoms. The number of aliphatic carboxylic acids is 1. The molecule has 0 rings (SSSR count). The Labute approximate surface area is 164 Å². The van der Waals surface area contributed by atoms with E-state index >= 15 is 0 Å². The monoisotopic (exact) mass is 386 g/mol. The summed E-state index contributed by atoms with van der Waals surface area (Å²) in [6, 6.07) is 0. The number of carbonyl (C=O) groups is 2. The van der Waals surface area contributed by atoms with E-state index < -0.39 is 11.9 Å². The van der Waals surface area contributed by atoms with Crippen LogP contribution in [0.2, 0.25) is 0 Å². The maximum absolute atomic E-state index is 11.1. The van der Waals surface area contributed by atoms with Gasteiger partial charge in [-0.1, -0.05) is 58.3 Å². The molecule has 0 saturated heterocycles. The lowest BCUT2D eigenvalue weighted by Gasteiger charge is -2.21. The van der Waals surface area contributed by atoms with Crippen LogP contribution in [0, 0.1) is 0 Å². The van der Waals surface area contributed by atoms with Crippen molar-refractivity contribution in [3.8, 4) is 0 Å². The van der Waals surface area contributed by atoms with E-state index in [0.29, 0.717) is 13.2 Å². The Hall–Kier alpha value is -1.40. The Bertz CT molecular complexity index is 417. The van der Waals surface area contributed by atoms with Gasteiger partial charge in [-0.25, -0.2) is 19.4 Å². The first-order valence-corrected chi connectivity index (χ1v) is 10.3. The molecule has 0 spiro atoms. The number of hydrogen-bond acceptors (Lipinski definition) is 5. The van der Waals surface area contributed by atoms with Crippen LogP contribution in [0.15, 0.2) is 12.2 Å². The summed E-state index contributed by atoms with van der Waals surface area (Å²) in [4.78, 5) is 32.0. The molecule has 0 unspecified atom stereocenters. The van der Waals surface area contributed by atoms with Crippen LogP contribution in [0.3, 0.4) is 0 Å². The van der Waals surface area contributed by atoms with Crippen molar-refractivity contribution < 1.29 is 29.2 Å². The third-order valence-corrected chi connectivity index (χ3v) is 4.36. The Morgan fingerprint density at radius 1 is 0.815 bits per heavy atom. The fourth-order valence-electron chi connectivity index (χ4n) is 2.30. The average Bonchev–Trinajstić information content (AvgIpc) is 2.63. The van der Waals surface area contributed by atoms with Crippen LogP contribution >= 0.6 is 0 Å². The third-order valence-electron chi connectivity index (χ3n) is 4.36. The molecule has 1 N–H and O–H groups in total. The highest BCUT2D eigenvalue weighted by molar-refractivity contribution is 5.90. The summed E-state index contributed by atoms with van der Waals surface area (Å²) < 4.78 is 4.91. The van der Waals surface area contributed by atoms with Crippen molar-refractivity contribution in [1.82, 2.24) is 0 Å². The Morgan fingerprint density at radius 2 is 1.30 bits per heavy atom. The first-order chi connectivity index (χ1) is 12.9. The molecule has 0 aromatic rings. The van der Waals surface area contributed by atoms with E-state index in [2.05, 4.69) is 6.92 Å². The lowest BCUT2D eigenvalue weighted by atomic mass is 10.1. The van der Waals surface area contributed by atoms with Gasteiger partial charge >= 0.3 is 11.9 Å². The van der Waals surface area contributed by atoms with Crippen LogP contribution < -0.4 is 0 Å². The molecule has 27 heavy (non-hydrogen) atoms. The SMILES string of the molecule is CCC(C)(C)OOCCCCCCCCCCCCOC(=O)C=CC(=O)O. The molecule has 0 radical (unpaired) electrons. The van der Waals surface area contributed by atoms with Crippen molar-refractivity contribution in [3.05, 3.63) is 12.2 Å². The Kier molecular flexibility index (Phi) is 15.9. The molecule has 0 atom stereocenters. The van der Waals surface area contributed by atoms with Crippen LogP contribution in [-0.4, -0.2) is 35.9 Å². The molecule has 6 nitrogen and oxygen atoms in total. The number of ether oxygens (including phenoxy) is 1. The Morgan fingerprint density at radius 3 is 1.78 bits per heavy atom. The zero-order valence-electron chi connectivity index (χ0n) is 17.3. The highest BCUT2D eigenvalue weighted by Gasteiger charge is 2.16. The van der Waals surface area contributed by atoms with E-state index in [1.807, 2.05) is 13.8 Å². The van der Waals surface area contributed by atoms with Crippen LogP contribution in [0.1, 0.15) is 91.4 Å². The summed E-state index contributed by atoms with van der Waals surface area (Å²) in [6.45, 7) is 7.16. The number of rotatable bonds is 18. The van der Waals surface area contributed by atoms with Crippen LogP contribution in [0.5, 0.6) is 0 Å². The number of carbonyl (C=O) groups excluding carboxylic acids is 1. The van der Waals surface area contributed by atoms with Crippen molar-refractivity contribution >= 4 is 11.9 Å². The van der Waals surface area contributed by atoms with Gasteiger partial charge in [0, 0.05) is 12.2 Å². The average molecular weight is 387 g/mol. The topological polar surface area (TPSA) is 82.1 Å². The number of carboxylic acid groups (broad SMARTS) is 1. The van der Waals surface area contributed by atoms with E-state index in [9.17, 15) is 9.59 Å². The number of carboxylic acids is 1. The summed E-state index contributed by atoms with van der Waals surface area (Å²) in [5.41, 5.74) is -0.195.